The molecule has 154 valence electrons. The van der Waals surface area contributed by atoms with Crippen LogP contribution in [-0.4, -0.2) is 16.6 Å². The second-order valence-corrected chi connectivity index (χ2v) is 9.42. The molecule has 2 atom stereocenters. The molecule has 2 aliphatic rings. The van der Waals surface area contributed by atoms with E-state index in [1.54, 1.807) is 6.26 Å². The SMILES string of the molecule is Nc1c2c(nc3sc4c(c13)CC(c1ccco1)CC4=O)CC(c1ccccc1)CC2=O. The van der Waals surface area contributed by atoms with Gasteiger partial charge in [-0.2, -0.15) is 0 Å². The molecule has 2 unspecified atom stereocenters. The molecule has 0 radical (unpaired) electrons. The summed E-state index contributed by atoms with van der Waals surface area (Å²) in [7, 11) is 0. The van der Waals surface area contributed by atoms with Crippen LogP contribution in [0.3, 0.4) is 0 Å². The number of thiophene rings is 1. The molecule has 0 aliphatic heterocycles. The predicted molar refractivity (Wildman–Crippen MR) is 120 cm³/mol. The number of nitrogen functional groups attached to an aromatic ring is 1. The molecule has 3 heterocycles. The molecule has 0 amide bonds. The fourth-order valence-electron chi connectivity index (χ4n) is 5.10. The summed E-state index contributed by atoms with van der Waals surface area (Å²) in [5, 5.41) is 0.787. The molecule has 2 N–H and O–H groups in total. The first kappa shape index (κ1) is 18.5. The molecule has 1 aromatic carbocycles. The van der Waals surface area contributed by atoms with E-state index in [4.69, 9.17) is 15.1 Å². The highest BCUT2D eigenvalue weighted by atomic mass is 32.1. The minimum Gasteiger partial charge on any atom is -0.469 e. The number of anilines is 1. The van der Waals surface area contributed by atoms with Gasteiger partial charge in [-0.25, -0.2) is 4.98 Å². The van der Waals surface area contributed by atoms with Gasteiger partial charge in [-0.15, -0.1) is 11.3 Å². The number of hydrogen-bond acceptors (Lipinski definition) is 6. The Kier molecular flexibility index (Phi) is 4.11. The van der Waals surface area contributed by atoms with Crippen LogP contribution in [0.4, 0.5) is 5.69 Å². The lowest BCUT2D eigenvalue weighted by molar-refractivity contribution is 0.0957. The summed E-state index contributed by atoms with van der Waals surface area (Å²) < 4.78 is 5.57. The van der Waals surface area contributed by atoms with Crippen LogP contribution < -0.4 is 5.73 Å². The molecule has 5 nitrogen and oxygen atoms in total. The minimum atomic E-state index is -0.0126. The van der Waals surface area contributed by atoms with E-state index in [9.17, 15) is 9.59 Å². The van der Waals surface area contributed by atoms with Gasteiger partial charge in [0.25, 0.3) is 0 Å². The van der Waals surface area contributed by atoms with Crippen LogP contribution in [0.2, 0.25) is 0 Å². The Balaban J connectivity index is 1.47. The Bertz CT molecular complexity index is 1340. The van der Waals surface area contributed by atoms with E-state index in [1.165, 1.54) is 11.3 Å². The van der Waals surface area contributed by atoms with E-state index in [0.29, 0.717) is 36.9 Å². The molecule has 3 aromatic heterocycles. The first-order chi connectivity index (χ1) is 15.1. The smallest absolute Gasteiger partial charge is 0.173 e. The molecule has 6 rings (SSSR count). The Morgan fingerprint density at radius 3 is 2.52 bits per heavy atom. The van der Waals surface area contributed by atoms with Gasteiger partial charge in [-0.05, 0) is 42.0 Å². The normalized spacial score (nSPS) is 20.6. The van der Waals surface area contributed by atoms with Crippen molar-refractivity contribution in [2.75, 3.05) is 5.73 Å². The Morgan fingerprint density at radius 1 is 0.935 bits per heavy atom. The molecule has 0 bridgehead atoms. The van der Waals surface area contributed by atoms with Crippen molar-refractivity contribution in [2.45, 2.75) is 37.5 Å². The monoisotopic (exact) mass is 428 g/mol. The maximum Gasteiger partial charge on any atom is 0.173 e. The van der Waals surface area contributed by atoms with Crippen molar-refractivity contribution in [2.24, 2.45) is 0 Å². The molecule has 0 spiro atoms. The second kappa shape index (κ2) is 6.89. The van der Waals surface area contributed by atoms with Gasteiger partial charge in [0.2, 0.25) is 0 Å². The van der Waals surface area contributed by atoms with E-state index in [1.807, 2.05) is 30.3 Å². The van der Waals surface area contributed by atoms with Crippen LogP contribution in [0, 0.1) is 0 Å². The summed E-state index contributed by atoms with van der Waals surface area (Å²) in [6, 6.07) is 13.8. The van der Waals surface area contributed by atoms with Crippen molar-refractivity contribution in [1.82, 2.24) is 4.98 Å². The number of pyridine rings is 1. The van der Waals surface area contributed by atoms with E-state index in [-0.39, 0.29) is 23.4 Å². The largest absolute Gasteiger partial charge is 0.469 e. The molecular formula is C25H20N2O3S. The van der Waals surface area contributed by atoms with Gasteiger partial charge in [-0.1, -0.05) is 30.3 Å². The first-order valence-electron chi connectivity index (χ1n) is 10.5. The van der Waals surface area contributed by atoms with Gasteiger partial charge in [-0.3, -0.25) is 9.59 Å². The summed E-state index contributed by atoms with van der Waals surface area (Å²) in [6.07, 6.45) is 3.82. The Hall–Kier alpha value is -3.25. The van der Waals surface area contributed by atoms with Gasteiger partial charge in [0.05, 0.1) is 28.1 Å². The molecule has 31 heavy (non-hydrogen) atoms. The van der Waals surface area contributed by atoms with Gasteiger partial charge in [0.1, 0.15) is 10.6 Å². The summed E-state index contributed by atoms with van der Waals surface area (Å²) in [5.41, 5.74) is 10.5. The van der Waals surface area contributed by atoms with Crippen molar-refractivity contribution in [3.05, 3.63) is 81.7 Å². The van der Waals surface area contributed by atoms with Gasteiger partial charge < -0.3 is 10.2 Å². The number of rotatable bonds is 2. The molecule has 0 saturated carbocycles. The van der Waals surface area contributed by atoms with Crippen LogP contribution in [0.15, 0.2) is 53.1 Å². The molecule has 0 fully saturated rings. The summed E-state index contributed by atoms with van der Waals surface area (Å²) in [4.78, 5) is 32.4. The maximum atomic E-state index is 13.1. The Morgan fingerprint density at radius 2 is 1.74 bits per heavy atom. The number of carbonyl (C=O) groups excluding carboxylic acids is 2. The van der Waals surface area contributed by atoms with Crippen LogP contribution in [0.1, 0.15) is 67.3 Å². The lowest BCUT2D eigenvalue weighted by atomic mass is 9.80. The zero-order valence-corrected chi connectivity index (χ0v) is 17.6. The lowest BCUT2D eigenvalue weighted by Crippen LogP contribution is -2.22. The number of ketones is 2. The Labute approximate surface area is 182 Å². The number of nitrogens with two attached hydrogens (primary N) is 1. The number of nitrogens with zero attached hydrogens (tertiary/aromatic N) is 1. The van der Waals surface area contributed by atoms with Crippen LogP contribution >= 0.6 is 11.3 Å². The number of carbonyl (C=O) groups is 2. The standard InChI is InChI=1S/C25H20N2O3S/c26-23-21-16-9-15(20-7-4-8-30-20)12-19(29)24(16)31-25(21)27-17-10-14(11-18(28)22(17)23)13-5-2-1-3-6-13/h1-8,14-15H,9-12H2,(H2,26,27). The molecule has 4 aromatic rings. The zero-order chi connectivity index (χ0) is 21.1. The summed E-state index contributed by atoms with van der Waals surface area (Å²) in [6.45, 7) is 0. The third-order valence-corrected chi connectivity index (χ3v) is 7.72. The van der Waals surface area contributed by atoms with Crippen molar-refractivity contribution in [1.29, 1.82) is 0 Å². The second-order valence-electron chi connectivity index (χ2n) is 8.42. The van der Waals surface area contributed by atoms with Gasteiger partial charge >= 0.3 is 0 Å². The average Bonchev–Trinajstić information content (AvgIpc) is 3.42. The number of hydrogen-bond donors (Lipinski definition) is 1. The quantitative estimate of drug-likeness (QED) is 0.468. The fourth-order valence-corrected chi connectivity index (χ4v) is 6.29. The van der Waals surface area contributed by atoms with Crippen LogP contribution in [-0.2, 0) is 12.8 Å². The fraction of sp³-hybridized carbons (Fsp3) is 0.240. The van der Waals surface area contributed by atoms with Gasteiger partial charge in [0.15, 0.2) is 11.6 Å². The molecular weight excluding hydrogens is 408 g/mol. The highest BCUT2D eigenvalue weighted by Gasteiger charge is 2.35. The van der Waals surface area contributed by atoms with Crippen molar-refractivity contribution >= 4 is 38.8 Å². The average molecular weight is 429 g/mol. The molecule has 2 aliphatic carbocycles. The van der Waals surface area contributed by atoms with Crippen LogP contribution in [0.5, 0.6) is 0 Å². The molecule has 6 heteroatoms. The van der Waals surface area contributed by atoms with Crippen molar-refractivity contribution in [3.8, 4) is 0 Å². The highest BCUT2D eigenvalue weighted by Crippen LogP contribution is 2.45. The van der Waals surface area contributed by atoms with E-state index in [0.717, 1.165) is 37.7 Å². The highest BCUT2D eigenvalue weighted by molar-refractivity contribution is 7.20. The summed E-state index contributed by atoms with van der Waals surface area (Å²) in [5.74, 6) is 1.03. The number of Topliss-reactive ketones (excluding diaryl/α,β-unsaturated/α-hetero) is 2. The minimum absolute atomic E-state index is 0.0126. The van der Waals surface area contributed by atoms with Crippen molar-refractivity contribution in [3.63, 3.8) is 0 Å². The van der Waals surface area contributed by atoms with E-state index in [2.05, 4.69) is 12.1 Å². The number of aromatic nitrogens is 1. The number of benzene rings is 1. The molecule has 0 saturated heterocycles. The van der Waals surface area contributed by atoms with Gasteiger partial charge in [0, 0.05) is 24.1 Å². The topological polar surface area (TPSA) is 86.2 Å². The zero-order valence-electron chi connectivity index (χ0n) is 16.8. The predicted octanol–water partition coefficient (Wildman–Crippen LogP) is 5.30. The number of fused-ring (bicyclic) bond motifs is 4. The van der Waals surface area contributed by atoms with Crippen LogP contribution in [0.25, 0.3) is 10.2 Å². The lowest BCUT2D eigenvalue weighted by Gasteiger charge is -2.25. The maximum absolute atomic E-state index is 13.1. The van der Waals surface area contributed by atoms with E-state index >= 15 is 0 Å². The number of furan rings is 1. The van der Waals surface area contributed by atoms with Crippen molar-refractivity contribution < 1.29 is 14.0 Å². The first-order valence-corrected chi connectivity index (χ1v) is 11.3. The third-order valence-electron chi connectivity index (χ3n) is 6.55. The summed E-state index contributed by atoms with van der Waals surface area (Å²) >= 11 is 1.41. The van der Waals surface area contributed by atoms with E-state index < -0.39 is 0 Å². The third kappa shape index (κ3) is 2.86.